The number of nitrogen functional groups attached to an aromatic ring is 1. The average Bonchev–Trinajstić information content (AvgIpc) is 2.36. The van der Waals surface area contributed by atoms with Crippen LogP contribution in [0, 0.1) is 13.8 Å². The van der Waals surface area contributed by atoms with E-state index in [-0.39, 0.29) is 0 Å². The predicted molar refractivity (Wildman–Crippen MR) is 76.1 cm³/mol. The van der Waals surface area contributed by atoms with E-state index in [1.165, 1.54) is 16.7 Å². The van der Waals surface area contributed by atoms with Crippen molar-refractivity contribution < 1.29 is 4.74 Å². The van der Waals surface area contributed by atoms with E-state index in [9.17, 15) is 0 Å². The predicted octanol–water partition coefficient (Wildman–Crippen LogP) is 3.49. The van der Waals surface area contributed by atoms with Crippen LogP contribution in [0.3, 0.4) is 0 Å². The number of methoxy groups -OCH3 is 1. The van der Waals surface area contributed by atoms with Gasteiger partial charge in [-0.3, -0.25) is 0 Å². The van der Waals surface area contributed by atoms with Gasteiger partial charge < -0.3 is 10.5 Å². The molecule has 2 N–H and O–H groups in total. The summed E-state index contributed by atoms with van der Waals surface area (Å²) in [5.41, 5.74) is 11.8. The van der Waals surface area contributed by atoms with Crippen molar-refractivity contribution in [1.29, 1.82) is 0 Å². The molecule has 0 saturated carbocycles. The van der Waals surface area contributed by atoms with Gasteiger partial charge in [-0.05, 0) is 55.2 Å². The van der Waals surface area contributed by atoms with Crippen LogP contribution in [0.25, 0.3) is 0 Å². The fraction of sp³-hybridized carbons (Fsp3) is 0.250. The smallest absolute Gasteiger partial charge is 0.119 e. The van der Waals surface area contributed by atoms with Gasteiger partial charge in [0.05, 0.1) is 7.11 Å². The molecular formula is C16H19NO. The van der Waals surface area contributed by atoms with Crippen molar-refractivity contribution in [2.24, 2.45) is 0 Å². The second kappa shape index (κ2) is 5.13. The molecule has 0 unspecified atom stereocenters. The zero-order chi connectivity index (χ0) is 13.1. The highest BCUT2D eigenvalue weighted by Crippen LogP contribution is 2.24. The van der Waals surface area contributed by atoms with Gasteiger partial charge in [-0.2, -0.15) is 0 Å². The third kappa shape index (κ3) is 2.65. The topological polar surface area (TPSA) is 35.2 Å². The minimum atomic E-state index is 0.816. The molecule has 0 amide bonds. The van der Waals surface area contributed by atoms with Crippen molar-refractivity contribution in [3.05, 3.63) is 58.7 Å². The van der Waals surface area contributed by atoms with Gasteiger partial charge in [-0.15, -0.1) is 0 Å². The highest BCUT2D eigenvalue weighted by Gasteiger charge is 2.05. The number of benzene rings is 2. The molecule has 0 aliphatic rings. The van der Waals surface area contributed by atoms with Crippen molar-refractivity contribution in [2.45, 2.75) is 20.3 Å². The highest BCUT2D eigenvalue weighted by atomic mass is 16.5. The van der Waals surface area contributed by atoms with Crippen molar-refractivity contribution in [1.82, 2.24) is 0 Å². The Balaban J connectivity index is 2.36. The lowest BCUT2D eigenvalue weighted by Gasteiger charge is -2.11. The van der Waals surface area contributed by atoms with Crippen LogP contribution in [0.1, 0.15) is 22.3 Å². The van der Waals surface area contributed by atoms with Gasteiger partial charge >= 0.3 is 0 Å². The lowest BCUT2D eigenvalue weighted by molar-refractivity contribution is 0.414. The number of hydrogen-bond acceptors (Lipinski definition) is 2. The first-order valence-corrected chi connectivity index (χ1v) is 6.08. The number of rotatable bonds is 3. The van der Waals surface area contributed by atoms with Crippen molar-refractivity contribution >= 4 is 5.69 Å². The van der Waals surface area contributed by atoms with Crippen LogP contribution < -0.4 is 10.5 Å². The molecule has 18 heavy (non-hydrogen) atoms. The van der Waals surface area contributed by atoms with Crippen molar-refractivity contribution in [3.63, 3.8) is 0 Å². The molecule has 2 heteroatoms. The summed E-state index contributed by atoms with van der Waals surface area (Å²) in [7, 11) is 1.67. The van der Waals surface area contributed by atoms with Crippen LogP contribution in [0.5, 0.6) is 5.75 Å². The SMILES string of the molecule is COc1ccc(N)c(Cc2cc(C)ccc2C)c1. The lowest BCUT2D eigenvalue weighted by Crippen LogP contribution is -1.98. The van der Waals surface area contributed by atoms with Crippen molar-refractivity contribution in [2.75, 3.05) is 12.8 Å². The van der Waals surface area contributed by atoms with Crippen LogP contribution in [0.4, 0.5) is 5.69 Å². The molecule has 2 aromatic carbocycles. The minimum absolute atomic E-state index is 0.816. The van der Waals surface area contributed by atoms with Crippen LogP contribution in [0.15, 0.2) is 36.4 Å². The molecule has 0 aliphatic heterocycles. The van der Waals surface area contributed by atoms with Gasteiger partial charge in [0.25, 0.3) is 0 Å². The van der Waals surface area contributed by atoms with Crippen LogP contribution in [-0.2, 0) is 6.42 Å². The lowest BCUT2D eigenvalue weighted by atomic mass is 9.97. The summed E-state index contributed by atoms with van der Waals surface area (Å²) in [5.74, 6) is 0.851. The Morgan fingerprint density at radius 1 is 1.00 bits per heavy atom. The Bertz CT molecular complexity index is 561. The summed E-state index contributed by atoms with van der Waals surface area (Å²) in [6.07, 6.45) is 0.844. The molecule has 0 heterocycles. The van der Waals surface area contributed by atoms with E-state index in [2.05, 4.69) is 32.0 Å². The van der Waals surface area contributed by atoms with Gasteiger partial charge in [0.1, 0.15) is 5.75 Å². The normalized spacial score (nSPS) is 10.4. The highest BCUT2D eigenvalue weighted by molar-refractivity contribution is 5.53. The van der Waals surface area contributed by atoms with Gasteiger partial charge in [0.2, 0.25) is 0 Å². The first-order chi connectivity index (χ1) is 8.60. The quantitative estimate of drug-likeness (QED) is 0.835. The number of ether oxygens (including phenoxy) is 1. The first-order valence-electron chi connectivity index (χ1n) is 6.08. The zero-order valence-corrected chi connectivity index (χ0v) is 11.2. The van der Waals surface area contributed by atoms with Crippen molar-refractivity contribution in [3.8, 4) is 5.75 Å². The Labute approximate surface area is 108 Å². The molecule has 0 aliphatic carbocycles. The van der Waals surface area contributed by atoms with E-state index in [0.717, 1.165) is 23.4 Å². The number of hydrogen-bond donors (Lipinski definition) is 1. The Morgan fingerprint density at radius 2 is 1.78 bits per heavy atom. The number of anilines is 1. The third-order valence-electron chi connectivity index (χ3n) is 3.24. The summed E-state index contributed by atoms with van der Waals surface area (Å²) >= 11 is 0. The zero-order valence-electron chi connectivity index (χ0n) is 11.2. The number of aryl methyl sites for hydroxylation is 2. The monoisotopic (exact) mass is 241 g/mol. The van der Waals surface area contributed by atoms with Gasteiger partial charge in [0.15, 0.2) is 0 Å². The molecule has 0 bridgehead atoms. The first kappa shape index (κ1) is 12.5. The molecule has 0 atom stereocenters. The fourth-order valence-corrected chi connectivity index (χ4v) is 2.06. The maximum atomic E-state index is 6.02. The van der Waals surface area contributed by atoms with Crippen LogP contribution in [-0.4, -0.2) is 7.11 Å². The van der Waals surface area contributed by atoms with E-state index >= 15 is 0 Å². The summed E-state index contributed by atoms with van der Waals surface area (Å²) < 4.78 is 5.25. The molecule has 0 radical (unpaired) electrons. The van der Waals surface area contributed by atoms with Gasteiger partial charge in [0, 0.05) is 5.69 Å². The summed E-state index contributed by atoms with van der Waals surface area (Å²) in [5, 5.41) is 0. The summed E-state index contributed by atoms with van der Waals surface area (Å²) in [4.78, 5) is 0. The van der Waals surface area contributed by atoms with E-state index in [4.69, 9.17) is 10.5 Å². The molecule has 2 aromatic rings. The molecule has 2 rings (SSSR count). The Kier molecular flexibility index (Phi) is 3.56. The van der Waals surface area contributed by atoms with Crippen LogP contribution in [0.2, 0.25) is 0 Å². The average molecular weight is 241 g/mol. The Hall–Kier alpha value is -1.96. The summed E-state index contributed by atoms with van der Waals surface area (Å²) in [6.45, 7) is 4.24. The molecule has 0 fully saturated rings. The van der Waals surface area contributed by atoms with E-state index in [0.29, 0.717) is 0 Å². The van der Waals surface area contributed by atoms with Gasteiger partial charge in [-0.1, -0.05) is 23.8 Å². The summed E-state index contributed by atoms with van der Waals surface area (Å²) in [6, 6.07) is 12.3. The minimum Gasteiger partial charge on any atom is -0.497 e. The molecule has 0 spiro atoms. The van der Waals surface area contributed by atoms with Gasteiger partial charge in [-0.25, -0.2) is 0 Å². The van der Waals surface area contributed by atoms with E-state index < -0.39 is 0 Å². The molecular weight excluding hydrogens is 222 g/mol. The second-order valence-corrected chi connectivity index (χ2v) is 4.67. The fourth-order valence-electron chi connectivity index (χ4n) is 2.06. The molecule has 0 aromatic heterocycles. The maximum absolute atomic E-state index is 6.02. The standard InChI is InChI=1S/C16H19NO/c1-11-4-5-12(2)13(8-11)9-14-10-15(18-3)6-7-16(14)17/h4-8,10H,9,17H2,1-3H3. The molecule has 94 valence electrons. The number of nitrogens with two attached hydrogens (primary N) is 1. The molecule has 2 nitrogen and oxygen atoms in total. The largest absolute Gasteiger partial charge is 0.497 e. The Morgan fingerprint density at radius 3 is 2.50 bits per heavy atom. The maximum Gasteiger partial charge on any atom is 0.119 e. The molecule has 0 saturated heterocycles. The van der Waals surface area contributed by atoms with E-state index in [1.807, 2.05) is 18.2 Å². The van der Waals surface area contributed by atoms with E-state index in [1.54, 1.807) is 7.11 Å². The third-order valence-corrected chi connectivity index (χ3v) is 3.24. The van der Waals surface area contributed by atoms with Crippen LogP contribution >= 0.6 is 0 Å². The second-order valence-electron chi connectivity index (χ2n) is 4.67.